The second kappa shape index (κ2) is 3.59. The Labute approximate surface area is 98.1 Å². The number of fused-ring (bicyclic) bond motifs is 1. The summed E-state index contributed by atoms with van der Waals surface area (Å²) in [5, 5.41) is 8.43. The zero-order valence-electron chi connectivity index (χ0n) is 8.97. The van der Waals surface area contributed by atoms with Crippen LogP contribution in [0.15, 0.2) is 12.4 Å². The van der Waals surface area contributed by atoms with Crippen molar-refractivity contribution in [2.75, 3.05) is 18.0 Å². The van der Waals surface area contributed by atoms with Gasteiger partial charge < -0.3 is 4.90 Å². The van der Waals surface area contributed by atoms with Crippen molar-refractivity contribution in [2.24, 2.45) is 0 Å². The SMILES string of the molecule is Cc1nnc2c(N3CCC(Cl)C3)nccn12. The molecule has 2 aromatic heterocycles. The number of halogens is 1. The lowest BCUT2D eigenvalue weighted by Gasteiger charge is -2.16. The van der Waals surface area contributed by atoms with E-state index in [1.54, 1.807) is 6.20 Å². The average molecular weight is 238 g/mol. The van der Waals surface area contributed by atoms with E-state index in [1.165, 1.54) is 0 Å². The zero-order chi connectivity index (χ0) is 11.1. The van der Waals surface area contributed by atoms with E-state index in [0.29, 0.717) is 0 Å². The Balaban J connectivity index is 2.09. The molecule has 5 nitrogen and oxygen atoms in total. The molecular weight excluding hydrogens is 226 g/mol. The predicted molar refractivity (Wildman–Crippen MR) is 62.0 cm³/mol. The third kappa shape index (κ3) is 1.43. The van der Waals surface area contributed by atoms with Crippen LogP contribution in [0.5, 0.6) is 0 Å². The Morgan fingerprint density at radius 2 is 2.31 bits per heavy atom. The maximum Gasteiger partial charge on any atom is 0.203 e. The molecule has 1 atom stereocenters. The molecule has 1 fully saturated rings. The molecule has 3 rings (SSSR count). The van der Waals surface area contributed by atoms with Gasteiger partial charge in [-0.05, 0) is 13.3 Å². The Bertz CT molecular complexity index is 523. The average Bonchev–Trinajstić information content (AvgIpc) is 2.86. The minimum absolute atomic E-state index is 0.214. The van der Waals surface area contributed by atoms with Gasteiger partial charge in [-0.1, -0.05) is 0 Å². The highest BCUT2D eigenvalue weighted by molar-refractivity contribution is 6.21. The molecule has 1 aliphatic rings. The molecule has 1 saturated heterocycles. The number of anilines is 1. The van der Waals surface area contributed by atoms with Crippen molar-refractivity contribution < 1.29 is 0 Å². The molecule has 0 aromatic carbocycles. The van der Waals surface area contributed by atoms with Crippen LogP contribution in [0.25, 0.3) is 5.65 Å². The van der Waals surface area contributed by atoms with Gasteiger partial charge >= 0.3 is 0 Å². The van der Waals surface area contributed by atoms with Gasteiger partial charge in [-0.25, -0.2) is 4.98 Å². The summed E-state index contributed by atoms with van der Waals surface area (Å²) in [5.41, 5.74) is 0.811. The highest BCUT2D eigenvalue weighted by Crippen LogP contribution is 2.24. The lowest BCUT2D eigenvalue weighted by Crippen LogP contribution is -2.21. The zero-order valence-corrected chi connectivity index (χ0v) is 9.72. The molecule has 16 heavy (non-hydrogen) atoms. The van der Waals surface area contributed by atoms with Gasteiger partial charge in [-0.3, -0.25) is 4.40 Å². The van der Waals surface area contributed by atoms with Crippen LogP contribution in [-0.2, 0) is 0 Å². The van der Waals surface area contributed by atoms with E-state index >= 15 is 0 Å². The first-order valence-corrected chi connectivity index (χ1v) is 5.74. The van der Waals surface area contributed by atoms with Crippen molar-refractivity contribution in [3.8, 4) is 0 Å². The fourth-order valence-electron chi connectivity index (χ4n) is 2.06. The van der Waals surface area contributed by atoms with Crippen LogP contribution in [-0.4, -0.2) is 38.0 Å². The summed E-state index contributed by atoms with van der Waals surface area (Å²) in [4.78, 5) is 6.55. The van der Waals surface area contributed by atoms with Crippen LogP contribution in [0.3, 0.4) is 0 Å². The predicted octanol–water partition coefficient (Wildman–Crippen LogP) is 1.25. The molecule has 0 N–H and O–H groups in total. The molecule has 0 radical (unpaired) electrons. The van der Waals surface area contributed by atoms with Crippen LogP contribution in [0.2, 0.25) is 0 Å². The summed E-state index contributed by atoms with van der Waals surface area (Å²) in [6, 6.07) is 0. The number of aromatic nitrogens is 4. The summed E-state index contributed by atoms with van der Waals surface area (Å²) in [6.07, 6.45) is 4.65. The molecule has 0 aliphatic carbocycles. The number of alkyl halides is 1. The fourth-order valence-corrected chi connectivity index (χ4v) is 2.33. The number of hydrogen-bond acceptors (Lipinski definition) is 4. The second-order valence-electron chi connectivity index (χ2n) is 4.02. The van der Waals surface area contributed by atoms with Crippen molar-refractivity contribution >= 4 is 23.1 Å². The number of hydrogen-bond donors (Lipinski definition) is 0. The first-order valence-electron chi connectivity index (χ1n) is 5.31. The van der Waals surface area contributed by atoms with Gasteiger partial charge in [0, 0.05) is 25.5 Å². The van der Waals surface area contributed by atoms with Crippen LogP contribution in [0, 0.1) is 6.92 Å². The van der Waals surface area contributed by atoms with Gasteiger partial charge in [0.05, 0.1) is 5.38 Å². The molecule has 1 unspecified atom stereocenters. The van der Waals surface area contributed by atoms with Crippen LogP contribution < -0.4 is 4.90 Å². The van der Waals surface area contributed by atoms with E-state index in [0.717, 1.165) is 36.8 Å². The standard InChI is InChI=1S/C10H12ClN5/c1-7-13-14-10-9(12-3-5-16(7)10)15-4-2-8(11)6-15/h3,5,8H,2,4,6H2,1H3. The first kappa shape index (κ1) is 9.84. The van der Waals surface area contributed by atoms with Gasteiger partial charge in [-0.15, -0.1) is 21.8 Å². The molecule has 6 heteroatoms. The van der Waals surface area contributed by atoms with Crippen molar-refractivity contribution in [2.45, 2.75) is 18.7 Å². The van der Waals surface area contributed by atoms with E-state index in [-0.39, 0.29) is 5.38 Å². The maximum atomic E-state index is 6.10. The molecule has 84 valence electrons. The Hall–Kier alpha value is -1.36. The van der Waals surface area contributed by atoms with Gasteiger partial charge in [-0.2, -0.15) is 0 Å². The molecule has 3 heterocycles. The second-order valence-corrected chi connectivity index (χ2v) is 4.64. The minimum Gasteiger partial charge on any atom is -0.352 e. The Morgan fingerprint density at radius 3 is 3.06 bits per heavy atom. The van der Waals surface area contributed by atoms with E-state index < -0.39 is 0 Å². The van der Waals surface area contributed by atoms with Gasteiger partial charge in [0.25, 0.3) is 0 Å². The molecule has 0 saturated carbocycles. The maximum absolute atomic E-state index is 6.10. The fraction of sp³-hybridized carbons (Fsp3) is 0.500. The van der Waals surface area contributed by atoms with Crippen molar-refractivity contribution in [3.63, 3.8) is 0 Å². The Morgan fingerprint density at radius 1 is 1.44 bits per heavy atom. The molecule has 0 spiro atoms. The molecule has 0 bridgehead atoms. The number of nitrogens with zero attached hydrogens (tertiary/aromatic N) is 5. The van der Waals surface area contributed by atoms with E-state index in [9.17, 15) is 0 Å². The molecule has 1 aliphatic heterocycles. The summed E-state index contributed by atoms with van der Waals surface area (Å²) >= 11 is 6.10. The van der Waals surface area contributed by atoms with Gasteiger partial charge in [0.1, 0.15) is 5.82 Å². The lowest BCUT2D eigenvalue weighted by molar-refractivity contribution is 0.924. The molecule has 0 amide bonds. The van der Waals surface area contributed by atoms with E-state index in [4.69, 9.17) is 11.6 Å². The third-order valence-corrected chi connectivity index (χ3v) is 3.27. The normalized spacial score (nSPS) is 20.9. The quantitative estimate of drug-likeness (QED) is 0.701. The number of rotatable bonds is 1. The summed E-state index contributed by atoms with van der Waals surface area (Å²) in [6.45, 7) is 3.70. The summed E-state index contributed by atoms with van der Waals surface area (Å²) in [5.74, 6) is 1.76. The lowest BCUT2D eigenvalue weighted by atomic mass is 10.4. The van der Waals surface area contributed by atoms with Crippen molar-refractivity contribution in [1.29, 1.82) is 0 Å². The Kier molecular flexibility index (Phi) is 2.21. The summed E-state index contributed by atoms with van der Waals surface area (Å²) < 4.78 is 1.95. The topological polar surface area (TPSA) is 46.3 Å². The third-order valence-electron chi connectivity index (χ3n) is 2.91. The van der Waals surface area contributed by atoms with E-state index in [1.807, 2.05) is 17.5 Å². The largest absolute Gasteiger partial charge is 0.352 e. The van der Waals surface area contributed by atoms with Crippen LogP contribution in [0.4, 0.5) is 5.82 Å². The molecular formula is C10H12ClN5. The van der Waals surface area contributed by atoms with E-state index in [2.05, 4.69) is 20.1 Å². The van der Waals surface area contributed by atoms with Crippen molar-refractivity contribution in [1.82, 2.24) is 19.6 Å². The number of aryl methyl sites for hydroxylation is 1. The smallest absolute Gasteiger partial charge is 0.203 e. The minimum atomic E-state index is 0.214. The summed E-state index contributed by atoms with van der Waals surface area (Å²) in [7, 11) is 0. The monoisotopic (exact) mass is 237 g/mol. The van der Waals surface area contributed by atoms with Crippen LogP contribution in [0.1, 0.15) is 12.2 Å². The van der Waals surface area contributed by atoms with Gasteiger partial charge in [0.2, 0.25) is 5.65 Å². The highest BCUT2D eigenvalue weighted by atomic mass is 35.5. The van der Waals surface area contributed by atoms with Gasteiger partial charge in [0.15, 0.2) is 5.82 Å². The van der Waals surface area contributed by atoms with Crippen molar-refractivity contribution in [3.05, 3.63) is 18.2 Å². The molecule has 2 aromatic rings. The highest BCUT2D eigenvalue weighted by Gasteiger charge is 2.24. The first-order chi connectivity index (χ1) is 7.75. The van der Waals surface area contributed by atoms with Crippen LogP contribution >= 0.6 is 11.6 Å².